The SMILES string of the molecule is N#Cc1ccc(-c2nc(-c3ccccc3)nc(-c3cccc(Br)c3)n2)cc1. The van der Waals surface area contributed by atoms with E-state index in [0.29, 0.717) is 23.0 Å². The fourth-order valence-corrected chi connectivity index (χ4v) is 3.07. The van der Waals surface area contributed by atoms with Crippen LogP contribution < -0.4 is 0 Å². The van der Waals surface area contributed by atoms with Crippen LogP contribution >= 0.6 is 15.9 Å². The molecular formula is C22H13BrN4. The summed E-state index contributed by atoms with van der Waals surface area (Å²) in [5.74, 6) is 1.78. The maximum Gasteiger partial charge on any atom is 0.164 e. The predicted molar refractivity (Wildman–Crippen MR) is 109 cm³/mol. The van der Waals surface area contributed by atoms with Crippen LogP contribution in [-0.2, 0) is 0 Å². The molecule has 0 saturated heterocycles. The zero-order valence-electron chi connectivity index (χ0n) is 14.2. The van der Waals surface area contributed by atoms with E-state index in [1.54, 1.807) is 12.1 Å². The molecule has 1 aromatic heterocycles. The zero-order chi connectivity index (χ0) is 18.6. The second-order valence-corrected chi connectivity index (χ2v) is 6.79. The number of benzene rings is 3. The normalized spacial score (nSPS) is 10.4. The number of nitrogens with zero attached hydrogens (tertiary/aromatic N) is 4. The van der Waals surface area contributed by atoms with Gasteiger partial charge < -0.3 is 0 Å². The van der Waals surface area contributed by atoms with Crippen LogP contribution in [0.4, 0.5) is 0 Å². The van der Waals surface area contributed by atoms with Gasteiger partial charge in [0, 0.05) is 21.2 Å². The van der Waals surface area contributed by atoms with Gasteiger partial charge in [-0.1, -0.05) is 58.4 Å². The molecule has 0 aliphatic carbocycles. The molecule has 1 heterocycles. The number of hydrogen-bond acceptors (Lipinski definition) is 4. The van der Waals surface area contributed by atoms with Crippen LogP contribution in [-0.4, -0.2) is 15.0 Å². The van der Waals surface area contributed by atoms with Gasteiger partial charge in [0.1, 0.15) is 0 Å². The van der Waals surface area contributed by atoms with Crippen molar-refractivity contribution in [3.05, 3.63) is 88.9 Å². The van der Waals surface area contributed by atoms with Crippen LogP contribution in [0.1, 0.15) is 5.56 Å². The van der Waals surface area contributed by atoms with E-state index in [9.17, 15) is 0 Å². The first-order valence-electron chi connectivity index (χ1n) is 8.31. The summed E-state index contributed by atoms with van der Waals surface area (Å²) < 4.78 is 0.960. The summed E-state index contributed by atoms with van der Waals surface area (Å²) in [7, 11) is 0. The average molecular weight is 413 g/mol. The standard InChI is InChI=1S/C22H13BrN4/c23-19-8-4-7-18(13-19)22-26-20(16-5-2-1-3-6-16)25-21(27-22)17-11-9-15(14-24)10-12-17/h1-13H. The Bertz CT molecular complexity index is 1130. The summed E-state index contributed by atoms with van der Waals surface area (Å²) in [5.41, 5.74) is 3.26. The van der Waals surface area contributed by atoms with Gasteiger partial charge in [-0.25, -0.2) is 15.0 Å². The summed E-state index contributed by atoms with van der Waals surface area (Å²) in [6.07, 6.45) is 0. The topological polar surface area (TPSA) is 62.5 Å². The largest absolute Gasteiger partial charge is 0.208 e. The highest BCUT2D eigenvalue weighted by molar-refractivity contribution is 9.10. The quantitative estimate of drug-likeness (QED) is 0.445. The summed E-state index contributed by atoms with van der Waals surface area (Å²) in [6, 6.07) is 27.1. The highest BCUT2D eigenvalue weighted by Gasteiger charge is 2.12. The lowest BCUT2D eigenvalue weighted by Gasteiger charge is -2.08. The Kier molecular flexibility index (Phi) is 4.73. The Labute approximate surface area is 165 Å². The molecule has 0 amide bonds. The molecule has 0 aliphatic rings. The van der Waals surface area contributed by atoms with Crippen molar-refractivity contribution in [1.82, 2.24) is 15.0 Å². The molecule has 0 bridgehead atoms. The Morgan fingerprint density at radius 1 is 0.630 bits per heavy atom. The fourth-order valence-electron chi connectivity index (χ4n) is 2.67. The van der Waals surface area contributed by atoms with Crippen molar-refractivity contribution in [1.29, 1.82) is 5.26 Å². The zero-order valence-corrected chi connectivity index (χ0v) is 15.8. The van der Waals surface area contributed by atoms with Gasteiger partial charge >= 0.3 is 0 Å². The van der Waals surface area contributed by atoms with Gasteiger partial charge in [-0.2, -0.15) is 5.26 Å². The molecule has 0 unspecified atom stereocenters. The third-order valence-electron chi connectivity index (χ3n) is 4.02. The molecule has 0 aliphatic heterocycles. The van der Waals surface area contributed by atoms with Crippen LogP contribution in [0.2, 0.25) is 0 Å². The summed E-state index contributed by atoms with van der Waals surface area (Å²) in [5, 5.41) is 9.01. The lowest BCUT2D eigenvalue weighted by Crippen LogP contribution is -2.00. The van der Waals surface area contributed by atoms with E-state index in [0.717, 1.165) is 21.2 Å². The molecule has 4 aromatic rings. The minimum atomic E-state index is 0.573. The van der Waals surface area contributed by atoms with E-state index in [1.165, 1.54) is 0 Å². The van der Waals surface area contributed by atoms with Crippen LogP contribution in [0, 0.1) is 11.3 Å². The van der Waals surface area contributed by atoms with Crippen molar-refractivity contribution in [2.24, 2.45) is 0 Å². The molecule has 0 radical (unpaired) electrons. The van der Waals surface area contributed by atoms with Crippen molar-refractivity contribution in [3.63, 3.8) is 0 Å². The Morgan fingerprint density at radius 2 is 1.19 bits per heavy atom. The molecule has 27 heavy (non-hydrogen) atoms. The first-order valence-corrected chi connectivity index (χ1v) is 9.10. The van der Waals surface area contributed by atoms with Gasteiger partial charge in [-0.3, -0.25) is 0 Å². The fraction of sp³-hybridized carbons (Fsp3) is 0. The minimum absolute atomic E-state index is 0.573. The molecule has 4 nitrogen and oxygen atoms in total. The van der Waals surface area contributed by atoms with Crippen LogP contribution in [0.3, 0.4) is 0 Å². The second-order valence-electron chi connectivity index (χ2n) is 5.87. The molecule has 0 saturated carbocycles. The second kappa shape index (κ2) is 7.48. The van der Waals surface area contributed by atoms with Crippen molar-refractivity contribution in [3.8, 4) is 40.2 Å². The van der Waals surface area contributed by atoms with Gasteiger partial charge in [-0.05, 0) is 36.4 Å². The van der Waals surface area contributed by atoms with E-state index in [1.807, 2.05) is 66.7 Å². The maximum absolute atomic E-state index is 9.01. The van der Waals surface area contributed by atoms with Crippen LogP contribution in [0.5, 0.6) is 0 Å². The molecule has 4 rings (SSSR count). The lowest BCUT2D eigenvalue weighted by molar-refractivity contribution is 1.07. The van der Waals surface area contributed by atoms with Crippen LogP contribution in [0.15, 0.2) is 83.3 Å². The number of halogens is 1. The number of rotatable bonds is 3. The third kappa shape index (κ3) is 3.76. The van der Waals surface area contributed by atoms with E-state index in [4.69, 9.17) is 5.26 Å². The lowest BCUT2D eigenvalue weighted by atomic mass is 10.1. The Morgan fingerprint density at radius 3 is 1.78 bits per heavy atom. The number of aromatic nitrogens is 3. The number of nitriles is 1. The molecule has 3 aromatic carbocycles. The summed E-state index contributed by atoms with van der Waals surface area (Å²) in [4.78, 5) is 14.0. The van der Waals surface area contributed by atoms with Crippen LogP contribution in [0.25, 0.3) is 34.2 Å². The third-order valence-corrected chi connectivity index (χ3v) is 4.52. The minimum Gasteiger partial charge on any atom is -0.208 e. The molecule has 128 valence electrons. The molecular weight excluding hydrogens is 400 g/mol. The van der Waals surface area contributed by atoms with Crippen molar-refractivity contribution in [2.45, 2.75) is 0 Å². The average Bonchev–Trinajstić information content (AvgIpc) is 2.74. The smallest absolute Gasteiger partial charge is 0.164 e. The first kappa shape index (κ1) is 17.1. The van der Waals surface area contributed by atoms with Crippen molar-refractivity contribution < 1.29 is 0 Å². The van der Waals surface area contributed by atoms with E-state index in [-0.39, 0.29) is 0 Å². The highest BCUT2D eigenvalue weighted by Crippen LogP contribution is 2.26. The van der Waals surface area contributed by atoms with E-state index < -0.39 is 0 Å². The highest BCUT2D eigenvalue weighted by atomic mass is 79.9. The molecule has 0 spiro atoms. The van der Waals surface area contributed by atoms with Gasteiger partial charge in [0.15, 0.2) is 17.5 Å². The molecule has 0 atom stereocenters. The van der Waals surface area contributed by atoms with E-state index in [2.05, 4.69) is 37.0 Å². The van der Waals surface area contributed by atoms with Gasteiger partial charge in [-0.15, -0.1) is 0 Å². The van der Waals surface area contributed by atoms with Gasteiger partial charge in [0.2, 0.25) is 0 Å². The number of hydrogen-bond donors (Lipinski definition) is 0. The molecule has 0 N–H and O–H groups in total. The Hall–Kier alpha value is -3.36. The summed E-state index contributed by atoms with van der Waals surface area (Å²) in [6.45, 7) is 0. The monoisotopic (exact) mass is 412 g/mol. The van der Waals surface area contributed by atoms with Gasteiger partial charge in [0.05, 0.1) is 11.6 Å². The van der Waals surface area contributed by atoms with Crippen molar-refractivity contribution in [2.75, 3.05) is 0 Å². The van der Waals surface area contributed by atoms with Crippen molar-refractivity contribution >= 4 is 15.9 Å². The maximum atomic E-state index is 9.01. The molecule has 0 fully saturated rings. The Balaban J connectivity index is 1.90. The predicted octanol–water partition coefficient (Wildman–Crippen LogP) is 5.51. The summed E-state index contributed by atoms with van der Waals surface area (Å²) >= 11 is 3.50. The van der Waals surface area contributed by atoms with E-state index >= 15 is 0 Å². The van der Waals surface area contributed by atoms with Gasteiger partial charge in [0.25, 0.3) is 0 Å². The molecule has 5 heteroatoms. The first-order chi connectivity index (χ1) is 13.2.